The average Bonchev–Trinajstić information content (AvgIpc) is 2.97. The number of urea groups is 1. The summed E-state index contributed by atoms with van der Waals surface area (Å²) in [6.45, 7) is 0.159. The van der Waals surface area contributed by atoms with Gasteiger partial charge in [-0.05, 0) is 31.4 Å². The molecule has 27 heavy (non-hydrogen) atoms. The highest BCUT2D eigenvalue weighted by Crippen LogP contribution is 2.43. The fourth-order valence-corrected chi connectivity index (χ4v) is 3.62. The van der Waals surface area contributed by atoms with E-state index in [2.05, 4.69) is 15.7 Å². The van der Waals surface area contributed by atoms with E-state index in [0.29, 0.717) is 12.8 Å². The zero-order chi connectivity index (χ0) is 19.7. The molecule has 2 aromatic rings. The largest absolute Gasteiger partial charge is 0.328 e. The van der Waals surface area contributed by atoms with Crippen molar-refractivity contribution in [1.29, 1.82) is 0 Å². The van der Waals surface area contributed by atoms with Crippen molar-refractivity contribution < 1.29 is 22.0 Å². The van der Waals surface area contributed by atoms with E-state index in [9.17, 15) is 22.0 Å². The summed E-state index contributed by atoms with van der Waals surface area (Å²) >= 11 is 0. The Balaban J connectivity index is 1.67. The minimum atomic E-state index is -3.13. The van der Waals surface area contributed by atoms with Crippen LogP contribution < -0.4 is 10.6 Å². The Morgan fingerprint density at radius 3 is 2.48 bits per heavy atom. The molecule has 0 bridgehead atoms. The molecular formula is C17H20F2N4O3S. The number of aromatic nitrogens is 2. The third-order valence-corrected chi connectivity index (χ3v) is 5.50. The van der Waals surface area contributed by atoms with Gasteiger partial charge in [-0.2, -0.15) is 5.10 Å². The van der Waals surface area contributed by atoms with E-state index >= 15 is 0 Å². The summed E-state index contributed by atoms with van der Waals surface area (Å²) in [5.41, 5.74) is -1.22. The van der Waals surface area contributed by atoms with Crippen molar-refractivity contribution in [3.05, 3.63) is 47.7 Å². The molecule has 0 radical (unpaired) electrons. The zero-order valence-electron chi connectivity index (χ0n) is 14.7. The van der Waals surface area contributed by atoms with Crippen LogP contribution in [-0.4, -0.2) is 36.2 Å². The summed E-state index contributed by atoms with van der Waals surface area (Å²) in [7, 11) is -3.13. The van der Waals surface area contributed by atoms with Crippen LogP contribution in [0.4, 0.5) is 19.4 Å². The van der Waals surface area contributed by atoms with Gasteiger partial charge >= 0.3 is 6.03 Å². The van der Waals surface area contributed by atoms with Gasteiger partial charge in [0.25, 0.3) is 0 Å². The van der Waals surface area contributed by atoms with Gasteiger partial charge in [-0.3, -0.25) is 10.00 Å². The van der Waals surface area contributed by atoms with E-state index in [4.69, 9.17) is 0 Å². The molecule has 7 nitrogen and oxygen atoms in total. The molecule has 1 fully saturated rings. The van der Waals surface area contributed by atoms with Crippen molar-refractivity contribution >= 4 is 21.7 Å². The average molecular weight is 398 g/mol. The fraction of sp³-hybridized carbons (Fsp3) is 0.412. The Hall–Kier alpha value is -2.49. The molecule has 1 saturated carbocycles. The quantitative estimate of drug-likeness (QED) is 0.782. The van der Waals surface area contributed by atoms with E-state index in [0.717, 1.165) is 12.7 Å². The number of hydrogen-bond acceptors (Lipinski definition) is 4. The van der Waals surface area contributed by atoms with E-state index in [-0.39, 0.29) is 23.7 Å². The molecular weight excluding hydrogens is 378 g/mol. The second-order valence-corrected chi connectivity index (χ2v) is 8.97. The van der Waals surface area contributed by atoms with Crippen LogP contribution >= 0.6 is 0 Å². The molecule has 0 aliphatic heterocycles. The zero-order valence-corrected chi connectivity index (χ0v) is 15.5. The first-order chi connectivity index (χ1) is 12.7. The molecule has 0 spiro atoms. The molecule has 2 amide bonds. The molecule has 1 heterocycles. The second kappa shape index (κ2) is 7.26. The normalized spacial score (nSPS) is 15.8. The van der Waals surface area contributed by atoms with Crippen molar-refractivity contribution in [3.63, 3.8) is 0 Å². The van der Waals surface area contributed by atoms with Gasteiger partial charge in [0.2, 0.25) is 0 Å². The molecule has 1 aromatic heterocycles. The van der Waals surface area contributed by atoms with Gasteiger partial charge in [-0.15, -0.1) is 0 Å². The number of nitrogens with zero attached hydrogens (tertiary/aromatic N) is 2. The predicted octanol–water partition coefficient (Wildman–Crippen LogP) is 2.41. The first-order valence-electron chi connectivity index (χ1n) is 8.43. The summed E-state index contributed by atoms with van der Waals surface area (Å²) < 4.78 is 52.1. The highest BCUT2D eigenvalue weighted by molar-refractivity contribution is 7.90. The van der Waals surface area contributed by atoms with Gasteiger partial charge in [-0.25, -0.2) is 22.0 Å². The van der Waals surface area contributed by atoms with E-state index < -0.39 is 33.0 Å². The molecule has 0 atom stereocenters. The van der Waals surface area contributed by atoms with Crippen molar-refractivity contribution in [2.24, 2.45) is 0 Å². The highest BCUT2D eigenvalue weighted by Gasteiger charge is 2.44. The van der Waals surface area contributed by atoms with E-state index in [1.165, 1.54) is 35.1 Å². The summed E-state index contributed by atoms with van der Waals surface area (Å²) in [6.07, 6.45) is 4.27. The number of halogens is 2. The van der Waals surface area contributed by atoms with Crippen molar-refractivity contribution in [1.82, 2.24) is 15.1 Å². The molecule has 0 unspecified atom stereocenters. The Labute approximate surface area is 155 Å². The van der Waals surface area contributed by atoms with Crippen LogP contribution in [0.15, 0.2) is 30.5 Å². The molecule has 0 saturated heterocycles. The summed E-state index contributed by atoms with van der Waals surface area (Å²) in [6, 6.07) is 4.50. The first-order valence-corrected chi connectivity index (χ1v) is 10.5. The number of carbonyl (C=O) groups is 1. The van der Waals surface area contributed by atoms with E-state index in [1.54, 1.807) is 0 Å². The maximum Gasteiger partial charge on any atom is 0.321 e. The van der Waals surface area contributed by atoms with Gasteiger partial charge in [0.15, 0.2) is 5.82 Å². The van der Waals surface area contributed by atoms with Crippen LogP contribution in [0.3, 0.4) is 0 Å². The van der Waals surface area contributed by atoms with E-state index in [1.807, 2.05) is 0 Å². The maximum atomic E-state index is 14.2. The van der Waals surface area contributed by atoms with Gasteiger partial charge in [0.1, 0.15) is 21.5 Å². The van der Waals surface area contributed by atoms with Crippen LogP contribution in [0.25, 0.3) is 0 Å². The Bertz CT molecular complexity index is 935. The summed E-state index contributed by atoms with van der Waals surface area (Å²) in [5.74, 6) is -1.25. The fourth-order valence-electron chi connectivity index (χ4n) is 3.10. The maximum absolute atomic E-state index is 14.2. The molecule has 3 rings (SSSR count). The van der Waals surface area contributed by atoms with Gasteiger partial charge in [0.05, 0.1) is 17.8 Å². The number of benzene rings is 1. The van der Waals surface area contributed by atoms with Gasteiger partial charge in [-0.1, -0.05) is 6.07 Å². The highest BCUT2D eigenvalue weighted by atomic mass is 32.2. The van der Waals surface area contributed by atoms with Crippen molar-refractivity contribution in [2.75, 3.05) is 17.3 Å². The lowest BCUT2D eigenvalue weighted by Crippen LogP contribution is -2.53. The molecule has 10 heteroatoms. The van der Waals surface area contributed by atoms with Gasteiger partial charge in [0, 0.05) is 24.1 Å². The second-order valence-electron chi connectivity index (χ2n) is 6.71. The lowest BCUT2D eigenvalue weighted by Gasteiger charge is -2.43. The Kier molecular flexibility index (Phi) is 5.18. The Morgan fingerprint density at radius 2 is 1.93 bits per heavy atom. The number of hydrogen-bond donors (Lipinski definition) is 2. The monoisotopic (exact) mass is 398 g/mol. The first kappa shape index (κ1) is 19.3. The minimum Gasteiger partial charge on any atom is -0.328 e. The molecule has 1 aliphatic carbocycles. The lowest BCUT2D eigenvalue weighted by atomic mass is 9.71. The number of nitrogens with one attached hydrogen (secondary N) is 2. The third-order valence-electron chi connectivity index (χ3n) is 4.57. The summed E-state index contributed by atoms with van der Waals surface area (Å²) in [5, 5.41) is 9.25. The van der Waals surface area contributed by atoms with Crippen molar-refractivity contribution in [2.45, 2.75) is 31.3 Å². The third kappa shape index (κ3) is 4.44. The lowest BCUT2D eigenvalue weighted by molar-refractivity contribution is 0.175. The SMILES string of the molecule is CS(=O)(=O)CCn1ccc(NC(=O)NC2(c3c(F)cccc3F)CCC2)n1. The number of anilines is 1. The van der Waals surface area contributed by atoms with Crippen LogP contribution in [0.2, 0.25) is 0 Å². The molecule has 2 N–H and O–H groups in total. The predicted molar refractivity (Wildman–Crippen MR) is 96.0 cm³/mol. The molecule has 146 valence electrons. The number of aryl methyl sites for hydroxylation is 1. The number of amides is 2. The smallest absolute Gasteiger partial charge is 0.321 e. The van der Waals surface area contributed by atoms with Crippen molar-refractivity contribution in [3.8, 4) is 0 Å². The van der Waals surface area contributed by atoms with Crippen LogP contribution in [0, 0.1) is 11.6 Å². The standard InChI is InChI=1S/C17H20F2N4O3S/c1-27(25,26)11-10-23-9-6-14(22-23)20-16(24)21-17(7-3-8-17)15-12(18)4-2-5-13(15)19/h2,4-6,9H,3,7-8,10-11H2,1H3,(H2,20,21,22,24). The van der Waals surface area contributed by atoms with Gasteiger partial charge < -0.3 is 5.32 Å². The Morgan fingerprint density at radius 1 is 1.26 bits per heavy atom. The van der Waals surface area contributed by atoms with Crippen LogP contribution in [-0.2, 0) is 21.9 Å². The van der Waals surface area contributed by atoms with Crippen LogP contribution in [0.1, 0.15) is 24.8 Å². The number of rotatable bonds is 6. The molecule has 1 aliphatic rings. The minimum absolute atomic E-state index is 0.0734. The van der Waals surface area contributed by atoms with Crippen LogP contribution in [0.5, 0.6) is 0 Å². The number of sulfone groups is 1. The summed E-state index contributed by atoms with van der Waals surface area (Å²) in [4.78, 5) is 12.3. The molecule has 1 aromatic carbocycles. The topological polar surface area (TPSA) is 93.1 Å². The number of carbonyl (C=O) groups excluding carboxylic acids is 1.